The van der Waals surface area contributed by atoms with Crippen LogP contribution in [0.3, 0.4) is 0 Å². The third-order valence-corrected chi connectivity index (χ3v) is 3.16. The molecular formula is C15H23NO4. The molecule has 1 unspecified atom stereocenters. The molecule has 1 atom stereocenters. The fourth-order valence-corrected chi connectivity index (χ4v) is 1.86. The van der Waals surface area contributed by atoms with Crippen molar-refractivity contribution in [1.29, 1.82) is 0 Å². The third-order valence-electron chi connectivity index (χ3n) is 3.16. The van der Waals surface area contributed by atoms with Crippen LogP contribution in [0, 0.1) is 0 Å². The average molecular weight is 281 g/mol. The maximum atomic E-state index is 9.63. The van der Waals surface area contributed by atoms with Crippen molar-refractivity contribution in [2.24, 2.45) is 0 Å². The van der Waals surface area contributed by atoms with Crippen LogP contribution in [0.25, 0.3) is 0 Å². The number of rotatable bonds is 7. The van der Waals surface area contributed by atoms with Crippen molar-refractivity contribution in [3.8, 4) is 17.2 Å². The molecule has 0 amide bonds. The Morgan fingerprint density at radius 2 is 2.00 bits per heavy atom. The molecule has 0 radical (unpaired) electrons. The lowest BCUT2D eigenvalue weighted by Crippen LogP contribution is -2.23. The van der Waals surface area contributed by atoms with Gasteiger partial charge in [-0.2, -0.15) is 0 Å². The number of aliphatic hydroxyl groups is 1. The molecule has 2 N–H and O–H groups in total. The second-order valence-corrected chi connectivity index (χ2v) is 5.22. The van der Waals surface area contributed by atoms with Crippen LogP contribution < -0.4 is 19.5 Å². The summed E-state index contributed by atoms with van der Waals surface area (Å²) in [6.07, 6.45) is 0.218. The number of ether oxygens (including phenoxy) is 3. The lowest BCUT2D eigenvalue weighted by atomic mass is 10.1. The van der Waals surface area contributed by atoms with Gasteiger partial charge in [-0.05, 0) is 12.5 Å². The minimum Gasteiger partial charge on any atom is -0.490 e. The zero-order chi connectivity index (χ0) is 14.5. The Labute approximate surface area is 119 Å². The van der Waals surface area contributed by atoms with Crippen LogP contribution in [0.1, 0.15) is 32.8 Å². The number of hydrogen-bond donors (Lipinski definition) is 2. The molecule has 112 valence electrons. The highest BCUT2D eigenvalue weighted by molar-refractivity contribution is 5.51. The SMILES string of the molecule is CCC(O)COc1cc2c(cc1CNC(C)C)OCO2. The van der Waals surface area contributed by atoms with Gasteiger partial charge in [0.15, 0.2) is 11.5 Å². The van der Waals surface area contributed by atoms with Gasteiger partial charge < -0.3 is 24.6 Å². The van der Waals surface area contributed by atoms with E-state index >= 15 is 0 Å². The molecule has 5 heteroatoms. The summed E-state index contributed by atoms with van der Waals surface area (Å²) in [6.45, 7) is 7.32. The third kappa shape index (κ3) is 3.77. The summed E-state index contributed by atoms with van der Waals surface area (Å²) in [5, 5.41) is 13.0. The molecule has 2 rings (SSSR count). The van der Waals surface area contributed by atoms with Crippen molar-refractivity contribution < 1.29 is 19.3 Å². The second-order valence-electron chi connectivity index (χ2n) is 5.22. The summed E-state index contributed by atoms with van der Waals surface area (Å²) in [4.78, 5) is 0. The predicted octanol–water partition coefficient (Wildman–Crippen LogP) is 2.06. The molecule has 0 bridgehead atoms. The predicted molar refractivity (Wildman–Crippen MR) is 76.3 cm³/mol. The summed E-state index contributed by atoms with van der Waals surface area (Å²) in [7, 11) is 0. The smallest absolute Gasteiger partial charge is 0.231 e. The maximum Gasteiger partial charge on any atom is 0.231 e. The first-order chi connectivity index (χ1) is 9.60. The van der Waals surface area contributed by atoms with E-state index in [0.717, 1.165) is 17.1 Å². The van der Waals surface area contributed by atoms with Gasteiger partial charge in [-0.25, -0.2) is 0 Å². The molecule has 1 heterocycles. The standard InChI is InChI=1S/C15H23NO4/c1-4-12(17)8-18-13-6-15-14(19-9-20-15)5-11(13)7-16-10(2)3/h5-6,10,12,16-17H,4,7-9H2,1-3H3. The van der Waals surface area contributed by atoms with E-state index in [9.17, 15) is 5.11 Å². The molecule has 1 aliphatic rings. The van der Waals surface area contributed by atoms with Crippen LogP contribution in [0.15, 0.2) is 12.1 Å². The summed E-state index contributed by atoms with van der Waals surface area (Å²) >= 11 is 0. The highest BCUT2D eigenvalue weighted by atomic mass is 16.7. The van der Waals surface area contributed by atoms with Crippen LogP contribution in [0.5, 0.6) is 17.2 Å². The fraction of sp³-hybridized carbons (Fsp3) is 0.600. The highest BCUT2D eigenvalue weighted by Crippen LogP contribution is 2.38. The minimum absolute atomic E-state index is 0.243. The summed E-state index contributed by atoms with van der Waals surface area (Å²) in [5.41, 5.74) is 1.01. The van der Waals surface area contributed by atoms with Crippen LogP contribution in [0.4, 0.5) is 0 Å². The number of benzene rings is 1. The van der Waals surface area contributed by atoms with Crippen molar-refractivity contribution in [2.75, 3.05) is 13.4 Å². The Bertz CT molecular complexity index is 448. The Kier molecular flexibility index (Phi) is 5.09. The first-order valence-electron chi connectivity index (χ1n) is 7.07. The quantitative estimate of drug-likeness (QED) is 0.801. The molecule has 0 aromatic heterocycles. The van der Waals surface area contributed by atoms with E-state index in [4.69, 9.17) is 14.2 Å². The van der Waals surface area contributed by atoms with Gasteiger partial charge in [-0.3, -0.25) is 0 Å². The minimum atomic E-state index is -0.452. The van der Waals surface area contributed by atoms with E-state index in [1.54, 1.807) is 0 Å². The van der Waals surface area contributed by atoms with Gasteiger partial charge in [-0.15, -0.1) is 0 Å². The maximum absolute atomic E-state index is 9.63. The van der Waals surface area contributed by atoms with Crippen LogP contribution >= 0.6 is 0 Å². The van der Waals surface area contributed by atoms with Crippen molar-refractivity contribution in [3.63, 3.8) is 0 Å². The Balaban J connectivity index is 2.13. The summed E-state index contributed by atoms with van der Waals surface area (Å²) in [5.74, 6) is 2.17. The first-order valence-corrected chi connectivity index (χ1v) is 7.07. The van der Waals surface area contributed by atoms with E-state index in [1.165, 1.54) is 0 Å². The first kappa shape index (κ1) is 14.9. The molecule has 5 nitrogen and oxygen atoms in total. The molecule has 0 saturated carbocycles. The lowest BCUT2D eigenvalue weighted by molar-refractivity contribution is 0.103. The van der Waals surface area contributed by atoms with E-state index < -0.39 is 6.10 Å². The van der Waals surface area contributed by atoms with Gasteiger partial charge in [0.1, 0.15) is 12.4 Å². The molecule has 0 aliphatic carbocycles. The second kappa shape index (κ2) is 6.81. The van der Waals surface area contributed by atoms with Gasteiger partial charge in [0.05, 0.1) is 6.10 Å². The van der Waals surface area contributed by atoms with Crippen LogP contribution in [-0.4, -0.2) is 30.7 Å². The Morgan fingerprint density at radius 1 is 1.30 bits per heavy atom. The normalized spacial score (nSPS) is 14.7. The monoisotopic (exact) mass is 281 g/mol. The van der Waals surface area contributed by atoms with Crippen molar-refractivity contribution >= 4 is 0 Å². The molecule has 1 aliphatic heterocycles. The van der Waals surface area contributed by atoms with E-state index in [-0.39, 0.29) is 13.4 Å². The van der Waals surface area contributed by atoms with Gasteiger partial charge in [0.2, 0.25) is 6.79 Å². The highest BCUT2D eigenvalue weighted by Gasteiger charge is 2.18. The fourth-order valence-electron chi connectivity index (χ4n) is 1.86. The van der Waals surface area contributed by atoms with Crippen LogP contribution in [-0.2, 0) is 6.54 Å². The lowest BCUT2D eigenvalue weighted by Gasteiger charge is -2.16. The van der Waals surface area contributed by atoms with Crippen LogP contribution in [0.2, 0.25) is 0 Å². The van der Waals surface area contributed by atoms with Gasteiger partial charge in [0.25, 0.3) is 0 Å². The van der Waals surface area contributed by atoms with E-state index in [1.807, 2.05) is 19.1 Å². The topological polar surface area (TPSA) is 60.0 Å². The molecule has 1 aromatic carbocycles. The molecule has 0 saturated heterocycles. The summed E-state index contributed by atoms with van der Waals surface area (Å²) < 4.78 is 16.5. The largest absolute Gasteiger partial charge is 0.490 e. The van der Waals surface area contributed by atoms with Gasteiger partial charge in [-0.1, -0.05) is 20.8 Å². The molecule has 0 fully saturated rings. The number of fused-ring (bicyclic) bond motifs is 1. The molecule has 20 heavy (non-hydrogen) atoms. The van der Waals surface area contributed by atoms with Crippen molar-refractivity contribution in [3.05, 3.63) is 17.7 Å². The zero-order valence-corrected chi connectivity index (χ0v) is 12.3. The molecular weight excluding hydrogens is 258 g/mol. The number of nitrogens with one attached hydrogen (secondary N) is 1. The zero-order valence-electron chi connectivity index (χ0n) is 12.3. The number of hydrogen-bond acceptors (Lipinski definition) is 5. The van der Waals surface area contributed by atoms with E-state index in [2.05, 4.69) is 19.2 Å². The summed E-state index contributed by atoms with van der Waals surface area (Å²) in [6, 6.07) is 4.16. The van der Waals surface area contributed by atoms with Gasteiger partial charge in [0, 0.05) is 24.2 Å². The average Bonchev–Trinajstić information content (AvgIpc) is 2.88. The van der Waals surface area contributed by atoms with Crippen molar-refractivity contribution in [2.45, 2.75) is 45.9 Å². The van der Waals surface area contributed by atoms with Crippen molar-refractivity contribution in [1.82, 2.24) is 5.32 Å². The van der Waals surface area contributed by atoms with Gasteiger partial charge >= 0.3 is 0 Å². The number of aliphatic hydroxyl groups excluding tert-OH is 1. The Morgan fingerprint density at radius 3 is 2.65 bits per heavy atom. The Hall–Kier alpha value is -1.46. The molecule has 1 aromatic rings. The van der Waals surface area contributed by atoms with E-state index in [0.29, 0.717) is 24.8 Å². The molecule has 0 spiro atoms.